The van der Waals surface area contributed by atoms with Crippen molar-refractivity contribution < 1.29 is 8.42 Å². The summed E-state index contributed by atoms with van der Waals surface area (Å²) in [6, 6.07) is 7.08. The first-order valence-electron chi connectivity index (χ1n) is 9.08. The first-order chi connectivity index (χ1) is 12.0. The number of rotatable bonds is 6. The predicted octanol–water partition coefficient (Wildman–Crippen LogP) is 2.80. The minimum Gasteiger partial charge on any atom is -0.357 e. The molecule has 0 aromatic heterocycles. The molecule has 1 aliphatic heterocycles. The number of benzene rings is 1. The van der Waals surface area contributed by atoms with Crippen molar-refractivity contribution in [1.82, 2.24) is 14.9 Å². The number of piperidine rings is 1. The summed E-state index contributed by atoms with van der Waals surface area (Å²) in [5.41, 5.74) is 0.985. The highest BCUT2D eigenvalue weighted by Crippen LogP contribution is 2.23. The van der Waals surface area contributed by atoms with Crippen molar-refractivity contribution in [2.24, 2.45) is 10.9 Å². The van der Waals surface area contributed by atoms with Crippen LogP contribution in [0.2, 0.25) is 0 Å². The van der Waals surface area contributed by atoms with E-state index in [0.717, 1.165) is 37.5 Å². The zero-order valence-electron chi connectivity index (χ0n) is 15.9. The van der Waals surface area contributed by atoms with E-state index in [1.54, 1.807) is 16.4 Å². The Morgan fingerprint density at radius 3 is 2.35 bits per heavy atom. The molecule has 2 rings (SSSR count). The van der Waals surface area contributed by atoms with Gasteiger partial charge in [-0.05, 0) is 50.3 Å². The molecule has 26 heavy (non-hydrogen) atoms. The summed E-state index contributed by atoms with van der Waals surface area (Å²) in [5, 5.41) is 6.35. The molecule has 1 heterocycles. The largest absolute Gasteiger partial charge is 0.357 e. The van der Waals surface area contributed by atoms with Gasteiger partial charge in [0.15, 0.2) is 5.96 Å². The van der Waals surface area contributed by atoms with Crippen LogP contribution in [0.1, 0.15) is 39.2 Å². The highest BCUT2D eigenvalue weighted by atomic mass is 127. The molecule has 1 saturated heterocycles. The lowest BCUT2D eigenvalue weighted by Crippen LogP contribution is -2.39. The van der Waals surface area contributed by atoms with Crippen molar-refractivity contribution in [2.45, 2.75) is 45.1 Å². The minimum absolute atomic E-state index is 0. The fourth-order valence-electron chi connectivity index (χ4n) is 2.96. The van der Waals surface area contributed by atoms with E-state index in [9.17, 15) is 8.42 Å². The quantitative estimate of drug-likeness (QED) is 0.363. The normalized spacial score (nSPS) is 17.9. The summed E-state index contributed by atoms with van der Waals surface area (Å²) in [4.78, 5) is 4.87. The molecule has 0 saturated carbocycles. The molecule has 1 unspecified atom stereocenters. The smallest absolute Gasteiger partial charge is 0.243 e. The molecule has 148 valence electrons. The van der Waals surface area contributed by atoms with Crippen molar-refractivity contribution in [2.75, 3.05) is 26.2 Å². The Balaban J connectivity index is 0.00000338. The Labute approximate surface area is 174 Å². The minimum atomic E-state index is -3.39. The second-order valence-electron chi connectivity index (χ2n) is 6.48. The molecule has 0 spiro atoms. The van der Waals surface area contributed by atoms with Gasteiger partial charge in [0.25, 0.3) is 0 Å². The fourth-order valence-corrected chi connectivity index (χ4v) is 4.56. The molecule has 1 atom stereocenters. The van der Waals surface area contributed by atoms with Crippen LogP contribution in [-0.2, 0) is 16.6 Å². The number of hydrogen-bond donors (Lipinski definition) is 2. The topological polar surface area (TPSA) is 73.8 Å². The standard InChI is InChI=1S/C18H30N4O2S.HI/c1-4-19-18(20-5-2)21-13-16-8-10-17(11-9-16)25(23,24)22-12-6-7-15(3)14-22;/h8-11,15H,4-7,12-14H2,1-3H3,(H2,19,20,21);1H. The molecule has 0 aliphatic carbocycles. The van der Waals surface area contributed by atoms with Crippen molar-refractivity contribution in [3.05, 3.63) is 29.8 Å². The monoisotopic (exact) mass is 494 g/mol. The number of nitrogens with zero attached hydrogens (tertiary/aromatic N) is 2. The summed E-state index contributed by atoms with van der Waals surface area (Å²) < 4.78 is 27.1. The molecule has 2 N–H and O–H groups in total. The summed E-state index contributed by atoms with van der Waals surface area (Å²) in [6.07, 6.45) is 2.04. The number of hydrogen-bond acceptors (Lipinski definition) is 3. The van der Waals surface area contributed by atoms with Gasteiger partial charge in [0.2, 0.25) is 10.0 Å². The second-order valence-corrected chi connectivity index (χ2v) is 8.42. The van der Waals surface area contributed by atoms with E-state index in [1.165, 1.54) is 0 Å². The van der Waals surface area contributed by atoms with Gasteiger partial charge in [-0.3, -0.25) is 0 Å². The number of sulfonamides is 1. The SMILES string of the molecule is CCNC(=NCc1ccc(S(=O)(=O)N2CCCC(C)C2)cc1)NCC.I. The highest BCUT2D eigenvalue weighted by molar-refractivity contribution is 14.0. The Kier molecular flexibility index (Phi) is 9.88. The number of guanidine groups is 1. The van der Waals surface area contributed by atoms with Gasteiger partial charge in [-0.15, -0.1) is 24.0 Å². The zero-order chi connectivity index (χ0) is 18.3. The van der Waals surface area contributed by atoms with Crippen molar-refractivity contribution in [3.63, 3.8) is 0 Å². The Hall–Kier alpha value is -0.870. The van der Waals surface area contributed by atoms with Crippen LogP contribution in [0.4, 0.5) is 0 Å². The molecule has 0 amide bonds. The van der Waals surface area contributed by atoms with Gasteiger partial charge >= 0.3 is 0 Å². The lowest BCUT2D eigenvalue weighted by Gasteiger charge is -2.30. The van der Waals surface area contributed by atoms with E-state index in [0.29, 0.717) is 30.4 Å². The molecule has 6 nitrogen and oxygen atoms in total. The van der Waals surface area contributed by atoms with Gasteiger partial charge in [0.05, 0.1) is 11.4 Å². The predicted molar refractivity (Wildman–Crippen MR) is 118 cm³/mol. The molecule has 0 bridgehead atoms. The van der Waals surface area contributed by atoms with Gasteiger partial charge in [0, 0.05) is 26.2 Å². The number of nitrogens with one attached hydrogen (secondary N) is 2. The van der Waals surface area contributed by atoms with Crippen LogP contribution in [0.5, 0.6) is 0 Å². The first kappa shape index (κ1) is 23.2. The van der Waals surface area contributed by atoms with Gasteiger partial charge in [0.1, 0.15) is 0 Å². The van der Waals surface area contributed by atoms with E-state index < -0.39 is 10.0 Å². The zero-order valence-corrected chi connectivity index (χ0v) is 19.0. The summed E-state index contributed by atoms with van der Waals surface area (Å²) >= 11 is 0. The third-order valence-corrected chi connectivity index (χ3v) is 6.17. The molecule has 8 heteroatoms. The fraction of sp³-hybridized carbons (Fsp3) is 0.611. The van der Waals surface area contributed by atoms with Gasteiger partial charge in [-0.1, -0.05) is 19.1 Å². The van der Waals surface area contributed by atoms with E-state index in [4.69, 9.17) is 0 Å². The number of halogens is 1. The van der Waals surface area contributed by atoms with E-state index in [-0.39, 0.29) is 24.0 Å². The molecule has 1 aromatic rings. The van der Waals surface area contributed by atoms with Crippen LogP contribution in [0.15, 0.2) is 34.2 Å². The maximum absolute atomic E-state index is 12.8. The van der Waals surface area contributed by atoms with Gasteiger partial charge in [-0.25, -0.2) is 13.4 Å². The average molecular weight is 494 g/mol. The lowest BCUT2D eigenvalue weighted by atomic mass is 10.0. The van der Waals surface area contributed by atoms with Crippen LogP contribution < -0.4 is 10.6 Å². The van der Waals surface area contributed by atoms with Crippen molar-refractivity contribution in [1.29, 1.82) is 0 Å². The lowest BCUT2D eigenvalue weighted by molar-refractivity contribution is 0.281. The highest BCUT2D eigenvalue weighted by Gasteiger charge is 2.28. The molecule has 1 fully saturated rings. The maximum atomic E-state index is 12.8. The van der Waals surface area contributed by atoms with E-state index in [2.05, 4.69) is 22.5 Å². The Bertz CT molecular complexity index is 669. The Morgan fingerprint density at radius 2 is 1.81 bits per heavy atom. The summed E-state index contributed by atoms with van der Waals surface area (Å²) in [6.45, 7) is 9.50. The average Bonchev–Trinajstić information content (AvgIpc) is 2.60. The first-order valence-corrected chi connectivity index (χ1v) is 10.5. The van der Waals surface area contributed by atoms with Crippen LogP contribution in [0, 0.1) is 5.92 Å². The van der Waals surface area contributed by atoms with Crippen molar-refractivity contribution >= 4 is 40.0 Å². The van der Waals surface area contributed by atoms with Crippen LogP contribution in [0.3, 0.4) is 0 Å². The Morgan fingerprint density at radius 1 is 1.19 bits per heavy atom. The second kappa shape index (κ2) is 11.1. The van der Waals surface area contributed by atoms with Crippen molar-refractivity contribution in [3.8, 4) is 0 Å². The maximum Gasteiger partial charge on any atom is 0.243 e. The third kappa shape index (κ3) is 6.38. The molecular formula is C18H31IN4O2S. The summed E-state index contributed by atoms with van der Waals surface area (Å²) in [7, 11) is -3.39. The molecular weight excluding hydrogens is 463 g/mol. The van der Waals surface area contributed by atoms with E-state index in [1.807, 2.05) is 26.0 Å². The van der Waals surface area contributed by atoms with E-state index >= 15 is 0 Å². The molecule has 1 aromatic carbocycles. The van der Waals surface area contributed by atoms with Crippen LogP contribution in [-0.4, -0.2) is 44.9 Å². The summed E-state index contributed by atoms with van der Waals surface area (Å²) in [5.74, 6) is 1.19. The molecule has 0 radical (unpaired) electrons. The van der Waals surface area contributed by atoms with Gasteiger partial charge < -0.3 is 10.6 Å². The van der Waals surface area contributed by atoms with Crippen LogP contribution in [0.25, 0.3) is 0 Å². The molecule has 1 aliphatic rings. The van der Waals surface area contributed by atoms with Gasteiger partial charge in [-0.2, -0.15) is 4.31 Å². The number of aliphatic imine (C=N–C) groups is 1. The third-order valence-electron chi connectivity index (χ3n) is 4.29. The van der Waals surface area contributed by atoms with Crippen LogP contribution >= 0.6 is 24.0 Å².